The van der Waals surface area contributed by atoms with Crippen LogP contribution in [0.3, 0.4) is 0 Å². The lowest BCUT2D eigenvalue weighted by molar-refractivity contribution is 0.0808. The summed E-state index contributed by atoms with van der Waals surface area (Å²) in [4.78, 5) is 36.5. The molecule has 2 aromatic carbocycles. The average molecular weight is 481 g/mol. The van der Waals surface area contributed by atoms with Crippen LogP contribution in [-0.2, 0) is 13.6 Å². The molecule has 2 amide bonds. The number of alkyl halides is 1. The standard InChI is InChI=1S/C25H29FN6O3/c1-31-14-15-7-4-8-16(21(15)25(31)34)24(33)29-17(9-6-12-28-20(27)13-26)23-30-22-18(32(23)2)10-5-11-19(22)35-3/h4-5,7-8,10-11,17H,6,9,12-14H2,1-3H3,(H2,27,28)(H,29,33)/t17-/m0/s1. The highest BCUT2D eigenvalue weighted by atomic mass is 19.1. The fraction of sp³-hybridized carbons (Fsp3) is 0.360. The van der Waals surface area contributed by atoms with Gasteiger partial charge in [-0.05, 0) is 36.6 Å². The molecule has 1 atom stereocenters. The van der Waals surface area contributed by atoms with Crippen molar-refractivity contribution in [3.05, 3.63) is 58.9 Å². The summed E-state index contributed by atoms with van der Waals surface area (Å²) in [7, 11) is 5.17. The minimum atomic E-state index is -0.799. The molecule has 2 heterocycles. The highest BCUT2D eigenvalue weighted by Crippen LogP contribution is 2.30. The summed E-state index contributed by atoms with van der Waals surface area (Å²) in [5.41, 5.74) is 8.61. The van der Waals surface area contributed by atoms with Crippen LogP contribution in [0.1, 0.15) is 51.0 Å². The lowest BCUT2D eigenvalue weighted by Crippen LogP contribution is -2.32. The summed E-state index contributed by atoms with van der Waals surface area (Å²) < 4.78 is 20.0. The highest BCUT2D eigenvalue weighted by molar-refractivity contribution is 6.09. The third-order valence-electron chi connectivity index (χ3n) is 6.21. The van der Waals surface area contributed by atoms with Crippen molar-refractivity contribution in [3.8, 4) is 5.75 Å². The van der Waals surface area contributed by atoms with E-state index in [0.717, 1.165) is 11.1 Å². The van der Waals surface area contributed by atoms with Gasteiger partial charge in [-0.2, -0.15) is 0 Å². The molecule has 0 fully saturated rings. The van der Waals surface area contributed by atoms with Gasteiger partial charge < -0.3 is 25.3 Å². The molecule has 9 nitrogen and oxygen atoms in total. The van der Waals surface area contributed by atoms with E-state index in [1.165, 1.54) is 0 Å². The van der Waals surface area contributed by atoms with Crippen LogP contribution >= 0.6 is 0 Å². The molecule has 3 aromatic rings. The number of aliphatic imine (C=N–C) groups is 1. The number of aryl methyl sites for hydroxylation is 1. The molecular weight excluding hydrogens is 451 g/mol. The van der Waals surface area contributed by atoms with Crippen LogP contribution in [0.15, 0.2) is 41.4 Å². The molecule has 0 saturated carbocycles. The zero-order chi connectivity index (χ0) is 25.1. The number of halogens is 1. The Kier molecular flexibility index (Phi) is 6.99. The van der Waals surface area contributed by atoms with E-state index in [1.54, 1.807) is 31.2 Å². The number of aromatic nitrogens is 2. The Morgan fingerprint density at radius 1 is 1.29 bits per heavy atom. The van der Waals surface area contributed by atoms with Crippen LogP contribution in [0.5, 0.6) is 5.75 Å². The number of amidine groups is 1. The summed E-state index contributed by atoms with van der Waals surface area (Å²) >= 11 is 0. The van der Waals surface area contributed by atoms with Crippen molar-refractivity contribution >= 4 is 28.7 Å². The van der Waals surface area contributed by atoms with E-state index in [9.17, 15) is 14.0 Å². The summed E-state index contributed by atoms with van der Waals surface area (Å²) in [5, 5.41) is 3.07. The molecular formula is C25H29FN6O3. The highest BCUT2D eigenvalue weighted by Gasteiger charge is 2.31. The van der Waals surface area contributed by atoms with Crippen molar-refractivity contribution in [2.45, 2.75) is 25.4 Å². The zero-order valence-corrected chi connectivity index (χ0v) is 20.0. The predicted molar refractivity (Wildman–Crippen MR) is 131 cm³/mol. The molecule has 1 aromatic heterocycles. The van der Waals surface area contributed by atoms with Gasteiger partial charge in [0.05, 0.1) is 29.8 Å². The number of hydrogen-bond donors (Lipinski definition) is 2. The first-order valence-corrected chi connectivity index (χ1v) is 11.4. The van der Waals surface area contributed by atoms with Crippen LogP contribution in [-0.4, -0.2) is 59.5 Å². The van der Waals surface area contributed by atoms with Crippen molar-refractivity contribution < 1.29 is 18.7 Å². The minimum absolute atomic E-state index is 0.0551. The van der Waals surface area contributed by atoms with Gasteiger partial charge in [0.2, 0.25) is 0 Å². The van der Waals surface area contributed by atoms with Gasteiger partial charge >= 0.3 is 0 Å². The smallest absolute Gasteiger partial charge is 0.255 e. The van der Waals surface area contributed by atoms with Gasteiger partial charge in [0.15, 0.2) is 0 Å². The van der Waals surface area contributed by atoms with Gasteiger partial charge in [0.1, 0.15) is 29.6 Å². The minimum Gasteiger partial charge on any atom is -0.494 e. The lowest BCUT2D eigenvalue weighted by Gasteiger charge is -2.19. The SMILES string of the molecule is COc1cccc2c1nc([C@H](CCCN=C(N)CF)NC(=O)c1cccc3c1C(=O)N(C)C3)n2C. The zero-order valence-electron chi connectivity index (χ0n) is 20.0. The molecule has 35 heavy (non-hydrogen) atoms. The molecule has 0 radical (unpaired) electrons. The van der Waals surface area contributed by atoms with Crippen LogP contribution < -0.4 is 15.8 Å². The Bertz CT molecular complexity index is 1300. The fourth-order valence-corrected chi connectivity index (χ4v) is 4.44. The van der Waals surface area contributed by atoms with Gasteiger partial charge in [0.25, 0.3) is 11.8 Å². The van der Waals surface area contributed by atoms with E-state index in [-0.39, 0.29) is 17.6 Å². The first-order valence-electron chi connectivity index (χ1n) is 11.4. The van der Waals surface area contributed by atoms with Gasteiger partial charge in [-0.3, -0.25) is 14.6 Å². The third-order valence-corrected chi connectivity index (χ3v) is 6.21. The van der Waals surface area contributed by atoms with Gasteiger partial charge in [-0.25, -0.2) is 9.37 Å². The molecule has 4 rings (SSSR count). The topological polar surface area (TPSA) is 115 Å². The second-order valence-electron chi connectivity index (χ2n) is 8.53. The number of ether oxygens (including phenoxy) is 1. The number of imidazole rings is 1. The number of carbonyl (C=O) groups excluding carboxylic acids is 2. The molecule has 3 N–H and O–H groups in total. The van der Waals surface area contributed by atoms with E-state index in [1.807, 2.05) is 35.9 Å². The monoisotopic (exact) mass is 480 g/mol. The van der Waals surface area contributed by atoms with E-state index in [2.05, 4.69) is 10.3 Å². The lowest BCUT2D eigenvalue weighted by atomic mass is 10.0. The quantitative estimate of drug-likeness (QED) is 0.278. The van der Waals surface area contributed by atoms with E-state index < -0.39 is 12.7 Å². The average Bonchev–Trinajstić information content (AvgIpc) is 3.36. The molecule has 1 aliphatic heterocycles. The van der Waals surface area contributed by atoms with Gasteiger partial charge in [-0.15, -0.1) is 0 Å². The van der Waals surface area contributed by atoms with Crippen molar-refractivity contribution in [2.24, 2.45) is 17.8 Å². The molecule has 0 unspecified atom stereocenters. The normalized spacial score (nSPS) is 14.3. The Labute approximate surface area is 202 Å². The van der Waals surface area contributed by atoms with Crippen molar-refractivity contribution in [3.63, 3.8) is 0 Å². The first kappa shape index (κ1) is 24.2. The second-order valence-corrected chi connectivity index (χ2v) is 8.53. The maximum absolute atomic E-state index is 13.4. The van der Waals surface area contributed by atoms with Crippen molar-refractivity contribution in [1.82, 2.24) is 19.8 Å². The Balaban J connectivity index is 1.67. The maximum atomic E-state index is 13.4. The molecule has 184 valence electrons. The van der Waals surface area contributed by atoms with E-state index in [4.69, 9.17) is 15.5 Å². The number of nitrogens with one attached hydrogen (secondary N) is 1. The van der Waals surface area contributed by atoms with Crippen molar-refractivity contribution in [2.75, 3.05) is 27.4 Å². The van der Waals surface area contributed by atoms with Gasteiger partial charge in [0, 0.05) is 27.2 Å². The number of hydrogen-bond acceptors (Lipinski definition) is 5. The van der Waals surface area contributed by atoms with Crippen molar-refractivity contribution in [1.29, 1.82) is 0 Å². The largest absolute Gasteiger partial charge is 0.494 e. The van der Waals surface area contributed by atoms with E-state index >= 15 is 0 Å². The Hall–Kier alpha value is -3.95. The Morgan fingerprint density at radius 3 is 2.80 bits per heavy atom. The molecule has 0 spiro atoms. The molecule has 0 aliphatic carbocycles. The summed E-state index contributed by atoms with van der Waals surface area (Å²) in [6, 6.07) is 10.4. The summed E-state index contributed by atoms with van der Waals surface area (Å²) in [6.07, 6.45) is 1.03. The fourth-order valence-electron chi connectivity index (χ4n) is 4.44. The number of carbonyl (C=O) groups is 2. The van der Waals surface area contributed by atoms with E-state index in [0.29, 0.717) is 54.1 Å². The second kappa shape index (κ2) is 10.1. The van der Waals surface area contributed by atoms with Gasteiger partial charge in [-0.1, -0.05) is 18.2 Å². The number of para-hydroxylation sites is 1. The molecule has 0 saturated heterocycles. The maximum Gasteiger partial charge on any atom is 0.255 e. The predicted octanol–water partition coefficient (Wildman–Crippen LogP) is 2.75. The molecule has 10 heteroatoms. The number of methoxy groups -OCH3 is 1. The summed E-state index contributed by atoms with van der Waals surface area (Å²) in [6.45, 7) is -0.0109. The molecule has 0 bridgehead atoms. The molecule has 1 aliphatic rings. The van der Waals surface area contributed by atoms with Crippen LogP contribution in [0.4, 0.5) is 4.39 Å². The number of nitrogens with zero attached hydrogens (tertiary/aromatic N) is 4. The number of nitrogens with two attached hydrogens (primary N) is 1. The van der Waals surface area contributed by atoms with Crippen LogP contribution in [0.25, 0.3) is 11.0 Å². The Morgan fingerprint density at radius 2 is 2.06 bits per heavy atom. The summed E-state index contributed by atoms with van der Waals surface area (Å²) in [5.74, 6) is 0.674. The number of rotatable bonds is 9. The number of amides is 2. The third kappa shape index (κ3) is 4.68. The number of benzene rings is 2. The van der Waals surface area contributed by atoms with Crippen LogP contribution in [0, 0.1) is 0 Å². The number of fused-ring (bicyclic) bond motifs is 2. The first-order chi connectivity index (χ1) is 16.8. The van der Waals surface area contributed by atoms with Crippen LogP contribution in [0.2, 0.25) is 0 Å².